The third-order valence-electron chi connectivity index (χ3n) is 2.85. The van der Waals surface area contributed by atoms with Gasteiger partial charge < -0.3 is 4.74 Å². The van der Waals surface area contributed by atoms with E-state index < -0.39 is 11.6 Å². The van der Waals surface area contributed by atoms with Gasteiger partial charge in [-0.1, -0.05) is 49.4 Å². The average molecular weight is 311 g/mol. The molecule has 0 aliphatic rings. The maximum absolute atomic E-state index is 13.7. The zero-order chi connectivity index (χ0) is 14.4. The monoisotopic (exact) mass is 310 g/mol. The lowest BCUT2D eigenvalue weighted by molar-refractivity contribution is 0.197. The molecule has 0 saturated heterocycles. The van der Waals surface area contributed by atoms with Gasteiger partial charge >= 0.3 is 0 Å². The van der Waals surface area contributed by atoms with E-state index in [1.165, 1.54) is 0 Å². The lowest BCUT2D eigenvalue weighted by atomic mass is 10.1. The van der Waals surface area contributed by atoms with E-state index in [0.29, 0.717) is 0 Å². The fraction of sp³-hybridized carbons (Fsp3) is 0.571. The van der Waals surface area contributed by atoms with E-state index in [1.54, 1.807) is 6.92 Å². The fourth-order valence-electron chi connectivity index (χ4n) is 1.77. The van der Waals surface area contributed by atoms with E-state index in [0.717, 1.165) is 38.2 Å². The fourth-order valence-corrected chi connectivity index (χ4v) is 2.14. The van der Waals surface area contributed by atoms with Crippen molar-refractivity contribution in [1.29, 1.82) is 0 Å². The van der Waals surface area contributed by atoms with E-state index in [2.05, 4.69) is 6.92 Å². The highest BCUT2D eigenvalue weighted by atomic mass is 35.5. The molecule has 1 aromatic rings. The van der Waals surface area contributed by atoms with Crippen molar-refractivity contribution < 1.29 is 13.5 Å². The van der Waals surface area contributed by atoms with Crippen LogP contribution in [-0.2, 0) is 0 Å². The lowest BCUT2D eigenvalue weighted by Crippen LogP contribution is -2.13. The van der Waals surface area contributed by atoms with E-state index in [4.69, 9.17) is 27.9 Å². The van der Waals surface area contributed by atoms with E-state index in [-0.39, 0.29) is 21.9 Å². The molecule has 0 bridgehead atoms. The summed E-state index contributed by atoms with van der Waals surface area (Å²) in [5.41, 5.74) is 0. The summed E-state index contributed by atoms with van der Waals surface area (Å²) in [5.74, 6) is -1.88. The van der Waals surface area contributed by atoms with Gasteiger partial charge in [0.15, 0.2) is 11.6 Å². The van der Waals surface area contributed by atoms with Gasteiger partial charge in [-0.3, -0.25) is 0 Å². The molecule has 108 valence electrons. The molecule has 0 amide bonds. The highest BCUT2D eigenvalue weighted by molar-refractivity contribution is 6.34. The summed E-state index contributed by atoms with van der Waals surface area (Å²) in [6.45, 7) is 3.93. The predicted octanol–water partition coefficient (Wildman–Crippen LogP) is 6.01. The molecule has 0 heterocycles. The Balaban J connectivity index is 2.66. The summed E-state index contributed by atoms with van der Waals surface area (Å²) < 4.78 is 32.5. The lowest BCUT2D eigenvalue weighted by Gasteiger charge is -2.17. The molecule has 0 spiro atoms. The first-order valence-electron chi connectivity index (χ1n) is 6.47. The first kappa shape index (κ1) is 16.5. The van der Waals surface area contributed by atoms with Gasteiger partial charge in [-0.25, -0.2) is 8.78 Å². The highest BCUT2D eigenvalue weighted by Gasteiger charge is 2.19. The van der Waals surface area contributed by atoms with E-state index in [9.17, 15) is 8.78 Å². The Kier molecular flexibility index (Phi) is 6.87. The molecule has 19 heavy (non-hydrogen) atoms. The number of halogens is 4. The van der Waals surface area contributed by atoms with Crippen LogP contribution in [0.25, 0.3) is 0 Å². The summed E-state index contributed by atoms with van der Waals surface area (Å²) in [5, 5.41) is -0.683. The van der Waals surface area contributed by atoms with Crippen molar-refractivity contribution in [3.63, 3.8) is 0 Å². The second-order valence-electron chi connectivity index (χ2n) is 4.58. The summed E-state index contributed by atoms with van der Waals surface area (Å²) in [6.07, 6.45) is 4.93. The molecular weight excluding hydrogens is 293 g/mol. The number of hydrogen-bond donors (Lipinski definition) is 0. The van der Waals surface area contributed by atoms with Gasteiger partial charge in [0.2, 0.25) is 0 Å². The molecule has 1 atom stereocenters. The van der Waals surface area contributed by atoms with Gasteiger partial charge in [0, 0.05) is 0 Å². The number of benzene rings is 1. The summed E-state index contributed by atoms with van der Waals surface area (Å²) in [4.78, 5) is 0. The largest absolute Gasteiger partial charge is 0.486 e. The Labute approximate surface area is 122 Å². The molecule has 1 aromatic carbocycles. The quantitative estimate of drug-likeness (QED) is 0.442. The van der Waals surface area contributed by atoms with Crippen molar-refractivity contribution in [3.05, 3.63) is 27.7 Å². The second kappa shape index (κ2) is 7.91. The maximum Gasteiger partial charge on any atom is 0.185 e. The zero-order valence-corrected chi connectivity index (χ0v) is 12.6. The molecular formula is C14H18Cl2F2O. The normalized spacial score (nSPS) is 12.5. The minimum absolute atomic E-state index is 0.235. The highest BCUT2D eigenvalue weighted by Crippen LogP contribution is 2.35. The number of unbranched alkanes of at least 4 members (excludes halogenated alkanes) is 3. The predicted molar refractivity (Wildman–Crippen MR) is 75.2 cm³/mol. The summed E-state index contributed by atoms with van der Waals surface area (Å²) in [7, 11) is 0. The zero-order valence-electron chi connectivity index (χ0n) is 11.1. The third kappa shape index (κ3) is 4.81. The average Bonchev–Trinajstić information content (AvgIpc) is 2.37. The van der Waals surface area contributed by atoms with Crippen LogP contribution in [0.1, 0.15) is 46.0 Å². The Morgan fingerprint density at radius 2 is 1.89 bits per heavy atom. The Morgan fingerprint density at radius 1 is 1.21 bits per heavy atom. The van der Waals surface area contributed by atoms with Crippen molar-refractivity contribution in [2.24, 2.45) is 0 Å². The third-order valence-corrected chi connectivity index (χ3v) is 3.48. The maximum atomic E-state index is 13.7. The van der Waals surface area contributed by atoms with Gasteiger partial charge in [-0.15, -0.1) is 0 Å². The van der Waals surface area contributed by atoms with Crippen LogP contribution in [0.3, 0.4) is 0 Å². The smallest absolute Gasteiger partial charge is 0.185 e. The molecule has 0 saturated carbocycles. The van der Waals surface area contributed by atoms with Crippen LogP contribution in [0.4, 0.5) is 8.78 Å². The minimum atomic E-state index is -0.812. The van der Waals surface area contributed by atoms with Gasteiger partial charge in [-0.2, -0.15) is 0 Å². The van der Waals surface area contributed by atoms with E-state index in [1.807, 2.05) is 0 Å². The number of hydrogen-bond acceptors (Lipinski definition) is 1. The van der Waals surface area contributed by atoms with Crippen LogP contribution in [0, 0.1) is 11.6 Å². The molecule has 0 aliphatic heterocycles. The minimum Gasteiger partial charge on any atom is -0.486 e. The van der Waals surface area contributed by atoms with Crippen molar-refractivity contribution >= 4 is 23.2 Å². The Bertz CT molecular complexity index is 398. The Hall–Kier alpha value is -0.540. The molecule has 0 N–H and O–H groups in total. The standard InChI is InChI=1S/C14H18Cl2F2O/c1-3-4-5-6-7-9(2)19-14-12(16)11(17)8-10(15)13(14)18/h8-9H,3-7H2,1-2H3. The van der Waals surface area contributed by atoms with Crippen molar-refractivity contribution in [1.82, 2.24) is 0 Å². The van der Waals surface area contributed by atoms with Gasteiger partial charge in [0.1, 0.15) is 10.8 Å². The van der Waals surface area contributed by atoms with Crippen LogP contribution < -0.4 is 4.74 Å². The topological polar surface area (TPSA) is 9.23 Å². The van der Waals surface area contributed by atoms with Crippen LogP contribution in [-0.4, -0.2) is 6.10 Å². The molecule has 0 fully saturated rings. The molecule has 1 rings (SSSR count). The van der Waals surface area contributed by atoms with Gasteiger partial charge in [-0.05, 0) is 25.8 Å². The molecule has 0 aromatic heterocycles. The molecule has 1 unspecified atom stereocenters. The second-order valence-corrected chi connectivity index (χ2v) is 5.36. The molecule has 5 heteroatoms. The molecule has 0 radical (unpaired) electrons. The Morgan fingerprint density at radius 3 is 2.53 bits per heavy atom. The number of ether oxygens (including phenoxy) is 1. The number of rotatable bonds is 7. The molecule has 0 aliphatic carbocycles. The first-order valence-corrected chi connectivity index (χ1v) is 7.22. The summed E-state index contributed by atoms with van der Waals surface area (Å²) in [6, 6.07) is 0.845. The van der Waals surface area contributed by atoms with Gasteiger partial charge in [0.05, 0.1) is 11.1 Å². The van der Waals surface area contributed by atoms with Crippen LogP contribution >= 0.6 is 23.2 Å². The van der Waals surface area contributed by atoms with Gasteiger partial charge in [0.25, 0.3) is 0 Å². The molecule has 1 nitrogen and oxygen atoms in total. The van der Waals surface area contributed by atoms with Crippen LogP contribution in [0.15, 0.2) is 6.07 Å². The van der Waals surface area contributed by atoms with E-state index >= 15 is 0 Å². The summed E-state index contributed by atoms with van der Waals surface area (Å²) >= 11 is 11.3. The SMILES string of the molecule is CCCCCCC(C)Oc1c(F)c(Cl)cc(F)c1Cl. The van der Waals surface area contributed by atoms with Crippen LogP contribution in [0.2, 0.25) is 10.0 Å². The van der Waals surface area contributed by atoms with Crippen molar-refractivity contribution in [2.75, 3.05) is 0 Å². The van der Waals surface area contributed by atoms with Crippen molar-refractivity contribution in [2.45, 2.75) is 52.1 Å². The van der Waals surface area contributed by atoms with Crippen LogP contribution in [0.5, 0.6) is 5.75 Å². The van der Waals surface area contributed by atoms with Crippen molar-refractivity contribution in [3.8, 4) is 5.75 Å². The first-order chi connectivity index (χ1) is 8.97.